The van der Waals surface area contributed by atoms with Gasteiger partial charge in [-0.3, -0.25) is 19.3 Å². The number of amides is 4. The second-order valence-electron chi connectivity index (χ2n) is 11.2. The summed E-state index contributed by atoms with van der Waals surface area (Å²) >= 11 is 0. The summed E-state index contributed by atoms with van der Waals surface area (Å²) in [4.78, 5) is 56.5. The maximum atomic E-state index is 13.7. The molecule has 40 heavy (non-hydrogen) atoms. The molecular weight excluding hydrogens is 516 g/mol. The van der Waals surface area contributed by atoms with Gasteiger partial charge in [-0.25, -0.2) is 4.79 Å². The number of H-pyrrole nitrogens is 1. The van der Waals surface area contributed by atoms with E-state index >= 15 is 0 Å². The van der Waals surface area contributed by atoms with Crippen LogP contribution in [0.3, 0.4) is 0 Å². The average molecular weight is 557 g/mol. The lowest BCUT2D eigenvalue weighted by molar-refractivity contribution is -0.127. The molecule has 12 heteroatoms. The summed E-state index contributed by atoms with van der Waals surface area (Å²) in [5.41, 5.74) is 7.44. The maximum absolute atomic E-state index is 13.7. The molecule has 0 radical (unpaired) electrons. The molecule has 5 atom stereocenters. The van der Waals surface area contributed by atoms with E-state index in [0.717, 1.165) is 10.9 Å². The molecule has 2 aromatic rings. The van der Waals surface area contributed by atoms with Crippen molar-refractivity contribution in [3.8, 4) is 5.75 Å². The lowest BCUT2D eigenvalue weighted by atomic mass is 9.93. The highest BCUT2D eigenvalue weighted by Gasteiger charge is 2.47. The third-order valence-corrected chi connectivity index (χ3v) is 7.50. The van der Waals surface area contributed by atoms with Crippen LogP contribution in [0.5, 0.6) is 5.75 Å². The zero-order chi connectivity index (χ0) is 29.1. The van der Waals surface area contributed by atoms with Crippen molar-refractivity contribution in [2.75, 3.05) is 13.7 Å². The van der Waals surface area contributed by atoms with E-state index in [-0.39, 0.29) is 30.2 Å². The van der Waals surface area contributed by atoms with Crippen molar-refractivity contribution in [1.29, 1.82) is 0 Å². The number of hydrogen-bond acceptors (Lipinski definition) is 7. The first-order chi connectivity index (χ1) is 19.0. The molecule has 6 N–H and O–H groups in total. The number of fused-ring (bicyclic) bond motifs is 1. The van der Waals surface area contributed by atoms with Crippen LogP contribution in [0.25, 0.3) is 10.9 Å². The Morgan fingerprint density at radius 2 is 1.95 bits per heavy atom. The van der Waals surface area contributed by atoms with Crippen molar-refractivity contribution < 1.29 is 28.7 Å². The van der Waals surface area contributed by atoms with Crippen LogP contribution in [-0.4, -0.2) is 77.7 Å². The van der Waals surface area contributed by atoms with Crippen LogP contribution >= 0.6 is 0 Å². The number of hydrogen-bond donors (Lipinski definition) is 5. The van der Waals surface area contributed by atoms with Gasteiger partial charge in [-0.2, -0.15) is 0 Å². The van der Waals surface area contributed by atoms with E-state index in [9.17, 15) is 19.2 Å². The van der Waals surface area contributed by atoms with Crippen molar-refractivity contribution >= 4 is 34.7 Å². The van der Waals surface area contributed by atoms with E-state index < -0.39 is 42.3 Å². The number of nitrogens with one attached hydrogen (secondary N) is 4. The minimum Gasteiger partial charge on any atom is -0.496 e. The molecule has 3 heterocycles. The molecule has 218 valence electrons. The van der Waals surface area contributed by atoms with E-state index in [1.165, 1.54) is 4.90 Å². The molecule has 4 amide bonds. The summed E-state index contributed by atoms with van der Waals surface area (Å²) in [6.07, 6.45) is -1.01. The number of carbonyl (C=O) groups is 4. The predicted molar refractivity (Wildman–Crippen MR) is 148 cm³/mol. The molecule has 1 aromatic carbocycles. The Morgan fingerprint density at radius 1 is 1.20 bits per heavy atom. The van der Waals surface area contributed by atoms with Gasteiger partial charge in [0.05, 0.1) is 13.2 Å². The van der Waals surface area contributed by atoms with Crippen molar-refractivity contribution in [1.82, 2.24) is 25.8 Å². The molecule has 0 spiro atoms. The van der Waals surface area contributed by atoms with Crippen LogP contribution < -0.4 is 26.4 Å². The molecule has 0 saturated carbocycles. The first-order valence-electron chi connectivity index (χ1n) is 13.8. The van der Waals surface area contributed by atoms with Crippen molar-refractivity contribution in [2.24, 2.45) is 17.6 Å². The Labute approximate surface area is 233 Å². The van der Waals surface area contributed by atoms with Gasteiger partial charge in [-0.05, 0) is 57.2 Å². The second kappa shape index (κ2) is 12.2. The van der Waals surface area contributed by atoms with E-state index in [4.69, 9.17) is 15.2 Å². The highest BCUT2D eigenvalue weighted by Crippen LogP contribution is 2.28. The van der Waals surface area contributed by atoms with Crippen molar-refractivity contribution in [3.63, 3.8) is 0 Å². The molecule has 0 bridgehead atoms. The van der Waals surface area contributed by atoms with Crippen LogP contribution in [0.1, 0.15) is 57.4 Å². The molecule has 5 unspecified atom stereocenters. The molecule has 4 rings (SSSR count). The van der Waals surface area contributed by atoms with E-state index in [1.54, 1.807) is 19.2 Å². The third-order valence-electron chi connectivity index (χ3n) is 7.50. The van der Waals surface area contributed by atoms with Crippen LogP contribution in [0, 0.1) is 11.8 Å². The van der Waals surface area contributed by atoms with E-state index in [0.29, 0.717) is 30.8 Å². The Kier molecular flexibility index (Phi) is 8.87. The molecule has 2 saturated heterocycles. The topological polar surface area (TPSA) is 168 Å². The van der Waals surface area contributed by atoms with Gasteiger partial charge in [0.2, 0.25) is 11.8 Å². The Hall–Kier alpha value is -3.80. The summed E-state index contributed by atoms with van der Waals surface area (Å²) < 4.78 is 11.0. The van der Waals surface area contributed by atoms with E-state index in [2.05, 4.69) is 20.9 Å². The molecule has 12 nitrogen and oxygen atoms in total. The smallest absolute Gasteiger partial charge is 0.411 e. The number of benzene rings is 1. The predicted octanol–water partition coefficient (Wildman–Crippen LogP) is 1.85. The number of rotatable bonds is 11. The largest absolute Gasteiger partial charge is 0.496 e. The number of aromatic nitrogens is 1. The standard InChI is InChI=1S/C28H40N6O6/c1-14(2)11-20(33-27(37)21-13-17-18(31-21)7-6-8-22(17)39-5)26(36)32-19(12-16-9-10-30-25(16)35)23-24(29)34(15(3)4)28(38)40-23/h6-8,13-16,19-20,23-24,31H,9-12,29H2,1-5H3,(H,30,35)(H,32,36)(H,33,37). The number of aromatic amines is 1. The number of methoxy groups -OCH3 is 1. The van der Waals surface area contributed by atoms with Gasteiger partial charge in [0.25, 0.3) is 5.91 Å². The van der Waals surface area contributed by atoms with Crippen LogP contribution in [0.2, 0.25) is 0 Å². The molecule has 2 aliphatic rings. The Balaban J connectivity index is 1.55. The molecule has 1 aromatic heterocycles. The Morgan fingerprint density at radius 3 is 2.55 bits per heavy atom. The Bertz CT molecular complexity index is 1260. The highest BCUT2D eigenvalue weighted by molar-refractivity contribution is 6.01. The van der Waals surface area contributed by atoms with Gasteiger partial charge in [0, 0.05) is 29.4 Å². The van der Waals surface area contributed by atoms with Crippen molar-refractivity contribution in [2.45, 2.75) is 77.4 Å². The van der Waals surface area contributed by atoms with Gasteiger partial charge in [-0.1, -0.05) is 19.9 Å². The fraction of sp³-hybridized carbons (Fsp3) is 0.571. The summed E-state index contributed by atoms with van der Waals surface area (Å²) in [5, 5.41) is 9.39. The zero-order valence-corrected chi connectivity index (χ0v) is 23.7. The maximum Gasteiger partial charge on any atom is 0.411 e. The second-order valence-corrected chi connectivity index (χ2v) is 11.2. The fourth-order valence-electron chi connectivity index (χ4n) is 5.50. The molecular formula is C28H40N6O6. The lowest BCUT2D eigenvalue weighted by Crippen LogP contribution is -2.58. The number of cyclic esters (lactones) is 1. The van der Waals surface area contributed by atoms with Crippen LogP contribution in [-0.2, 0) is 14.3 Å². The summed E-state index contributed by atoms with van der Waals surface area (Å²) in [6.45, 7) is 8.11. The summed E-state index contributed by atoms with van der Waals surface area (Å²) in [5.74, 6) is -0.643. The van der Waals surface area contributed by atoms with Gasteiger partial charge in [0.15, 0.2) is 6.10 Å². The highest BCUT2D eigenvalue weighted by atomic mass is 16.6. The minimum atomic E-state index is -0.879. The van der Waals surface area contributed by atoms with Gasteiger partial charge >= 0.3 is 6.09 Å². The van der Waals surface area contributed by atoms with Gasteiger partial charge < -0.3 is 36.1 Å². The van der Waals surface area contributed by atoms with Gasteiger partial charge in [-0.15, -0.1) is 0 Å². The quantitative estimate of drug-likeness (QED) is 0.281. The fourth-order valence-corrected chi connectivity index (χ4v) is 5.50. The number of carbonyl (C=O) groups excluding carboxylic acids is 4. The zero-order valence-electron chi connectivity index (χ0n) is 23.7. The summed E-state index contributed by atoms with van der Waals surface area (Å²) in [7, 11) is 1.56. The SMILES string of the molecule is COc1cccc2[nH]c(C(=O)NC(CC(C)C)C(=O)NC(CC3CCNC3=O)C3OC(=O)N(C(C)C)C3N)cc12. The third kappa shape index (κ3) is 6.16. The van der Waals surface area contributed by atoms with Gasteiger partial charge in [0.1, 0.15) is 23.7 Å². The molecule has 2 fully saturated rings. The number of nitrogens with zero attached hydrogens (tertiary/aromatic N) is 1. The molecule has 0 aliphatic carbocycles. The lowest BCUT2D eigenvalue weighted by Gasteiger charge is -2.31. The normalized spacial score (nSPS) is 22.4. The summed E-state index contributed by atoms with van der Waals surface area (Å²) in [6, 6.07) is 5.33. The first kappa shape index (κ1) is 29.2. The average Bonchev–Trinajstić information content (AvgIpc) is 3.59. The first-order valence-corrected chi connectivity index (χ1v) is 13.8. The van der Waals surface area contributed by atoms with Crippen LogP contribution in [0.4, 0.5) is 4.79 Å². The van der Waals surface area contributed by atoms with Crippen LogP contribution in [0.15, 0.2) is 24.3 Å². The van der Waals surface area contributed by atoms with Crippen molar-refractivity contribution in [3.05, 3.63) is 30.0 Å². The van der Waals surface area contributed by atoms with E-state index in [1.807, 2.05) is 39.8 Å². The number of ether oxygens (including phenoxy) is 2. The number of nitrogens with two attached hydrogens (primary N) is 1. The minimum absolute atomic E-state index is 0.0842. The monoisotopic (exact) mass is 556 g/mol. The molecule has 2 aliphatic heterocycles.